The van der Waals surface area contributed by atoms with Crippen LogP contribution >= 0.6 is 0 Å². The predicted octanol–water partition coefficient (Wildman–Crippen LogP) is 1.95. The van der Waals surface area contributed by atoms with Crippen LogP contribution in [0.25, 0.3) is 0 Å². The Hall–Kier alpha value is -1.45. The number of aromatic nitrogens is 2. The van der Waals surface area contributed by atoms with E-state index in [1.54, 1.807) is 19.1 Å². The van der Waals surface area contributed by atoms with Gasteiger partial charge in [-0.25, -0.2) is 4.79 Å². The molecule has 15 heavy (non-hydrogen) atoms. The fourth-order valence-corrected chi connectivity index (χ4v) is 1.05. The van der Waals surface area contributed by atoms with E-state index in [1.165, 1.54) is 0 Å². The number of esters is 1. The van der Waals surface area contributed by atoms with Gasteiger partial charge in [0.25, 0.3) is 0 Å². The van der Waals surface area contributed by atoms with E-state index in [0.29, 0.717) is 6.61 Å². The van der Waals surface area contributed by atoms with E-state index in [2.05, 4.69) is 10.2 Å². The van der Waals surface area contributed by atoms with Crippen molar-refractivity contribution in [2.24, 2.45) is 0 Å². The summed E-state index contributed by atoms with van der Waals surface area (Å²) in [7, 11) is 0. The number of hydrogen-bond acceptors (Lipinski definition) is 4. The maximum atomic E-state index is 11.3. The fourth-order valence-electron chi connectivity index (χ4n) is 1.05. The van der Waals surface area contributed by atoms with Gasteiger partial charge in [-0.2, -0.15) is 5.10 Å². The zero-order chi connectivity index (χ0) is 11.5. The van der Waals surface area contributed by atoms with Crippen LogP contribution in [0, 0.1) is 0 Å². The molecule has 1 aromatic rings. The summed E-state index contributed by atoms with van der Waals surface area (Å²) in [6.45, 7) is 8.24. The minimum Gasteiger partial charge on any atom is -0.461 e. The van der Waals surface area contributed by atoms with Crippen LogP contribution in [0.3, 0.4) is 0 Å². The van der Waals surface area contributed by atoms with E-state index >= 15 is 0 Å². The molecule has 1 aromatic heterocycles. The predicted molar refractivity (Wildman–Crippen MR) is 56.7 cm³/mol. The normalized spacial score (nSPS) is 11.2. The van der Waals surface area contributed by atoms with E-state index in [1.807, 2.05) is 20.8 Å². The Balaban J connectivity index is 2.86. The van der Waals surface area contributed by atoms with E-state index in [9.17, 15) is 4.79 Å². The highest BCUT2D eigenvalue weighted by atomic mass is 16.5. The number of ether oxygens (including phenoxy) is 1. The standard InChI is InChI=1S/C11H16N2O2/c1-5-15-10(14)8-6-7-9(13-12-8)11(2,3)4/h6-7H,5H2,1-4H3. The van der Waals surface area contributed by atoms with E-state index in [-0.39, 0.29) is 11.1 Å². The highest BCUT2D eigenvalue weighted by Gasteiger charge is 2.17. The third-order valence-electron chi connectivity index (χ3n) is 1.92. The van der Waals surface area contributed by atoms with Gasteiger partial charge in [-0.15, -0.1) is 5.10 Å². The SMILES string of the molecule is CCOC(=O)c1ccc(C(C)(C)C)nn1. The maximum absolute atomic E-state index is 11.3. The van der Waals surface area contributed by atoms with E-state index < -0.39 is 5.97 Å². The Morgan fingerprint density at radius 3 is 2.40 bits per heavy atom. The summed E-state index contributed by atoms with van der Waals surface area (Å²) in [6, 6.07) is 3.45. The lowest BCUT2D eigenvalue weighted by molar-refractivity contribution is 0.0518. The molecule has 0 atom stereocenters. The molecule has 0 aliphatic rings. The van der Waals surface area contributed by atoms with Crippen molar-refractivity contribution in [3.63, 3.8) is 0 Å². The average Bonchev–Trinajstić information content (AvgIpc) is 2.17. The van der Waals surface area contributed by atoms with Crippen LogP contribution in [-0.2, 0) is 10.2 Å². The van der Waals surface area contributed by atoms with Gasteiger partial charge in [0.05, 0.1) is 12.3 Å². The molecular formula is C11H16N2O2. The zero-order valence-electron chi connectivity index (χ0n) is 9.57. The van der Waals surface area contributed by atoms with Crippen LogP contribution in [0.15, 0.2) is 12.1 Å². The van der Waals surface area contributed by atoms with Crippen molar-refractivity contribution in [2.45, 2.75) is 33.1 Å². The quantitative estimate of drug-likeness (QED) is 0.697. The van der Waals surface area contributed by atoms with Crippen LogP contribution in [0.2, 0.25) is 0 Å². The molecule has 0 aromatic carbocycles. The van der Waals surface area contributed by atoms with Gasteiger partial charge in [0.2, 0.25) is 0 Å². The number of carbonyl (C=O) groups is 1. The van der Waals surface area contributed by atoms with Crippen molar-refractivity contribution in [1.82, 2.24) is 10.2 Å². The first kappa shape index (κ1) is 11.6. The number of rotatable bonds is 2. The first-order valence-electron chi connectivity index (χ1n) is 4.96. The Labute approximate surface area is 89.7 Å². The summed E-state index contributed by atoms with van der Waals surface area (Å²) in [5.74, 6) is -0.426. The third-order valence-corrected chi connectivity index (χ3v) is 1.92. The first-order valence-corrected chi connectivity index (χ1v) is 4.96. The largest absolute Gasteiger partial charge is 0.461 e. The smallest absolute Gasteiger partial charge is 0.358 e. The molecule has 0 saturated carbocycles. The molecule has 0 bridgehead atoms. The van der Waals surface area contributed by atoms with E-state index in [4.69, 9.17) is 4.74 Å². The van der Waals surface area contributed by atoms with Crippen LogP contribution in [0.5, 0.6) is 0 Å². The second-order valence-corrected chi connectivity index (χ2v) is 4.27. The summed E-state index contributed by atoms with van der Waals surface area (Å²) >= 11 is 0. The van der Waals surface area contributed by atoms with Gasteiger partial charge in [0, 0.05) is 5.41 Å². The van der Waals surface area contributed by atoms with Crippen LogP contribution < -0.4 is 0 Å². The second-order valence-electron chi connectivity index (χ2n) is 4.27. The molecule has 0 aliphatic carbocycles. The molecule has 0 aliphatic heterocycles. The molecule has 0 unspecified atom stereocenters. The molecule has 0 spiro atoms. The summed E-state index contributed by atoms with van der Waals surface area (Å²) in [5, 5.41) is 7.84. The van der Waals surface area contributed by atoms with Crippen LogP contribution in [-0.4, -0.2) is 22.8 Å². The topological polar surface area (TPSA) is 52.1 Å². The molecule has 0 fully saturated rings. The fraction of sp³-hybridized carbons (Fsp3) is 0.545. The summed E-state index contributed by atoms with van der Waals surface area (Å²) in [4.78, 5) is 11.3. The van der Waals surface area contributed by atoms with Gasteiger partial charge >= 0.3 is 5.97 Å². The molecule has 0 saturated heterocycles. The molecule has 1 rings (SSSR count). The Morgan fingerprint density at radius 2 is 2.00 bits per heavy atom. The first-order chi connectivity index (χ1) is 6.95. The van der Waals surface area contributed by atoms with Crippen molar-refractivity contribution < 1.29 is 9.53 Å². The number of hydrogen-bond donors (Lipinski definition) is 0. The Bertz CT molecular complexity index is 339. The van der Waals surface area contributed by atoms with Crippen LogP contribution in [0.1, 0.15) is 43.9 Å². The Kier molecular flexibility index (Phi) is 3.39. The summed E-state index contributed by atoms with van der Waals surface area (Å²) in [6.07, 6.45) is 0. The van der Waals surface area contributed by atoms with Crippen molar-refractivity contribution in [1.29, 1.82) is 0 Å². The van der Waals surface area contributed by atoms with Gasteiger partial charge in [0.1, 0.15) is 0 Å². The van der Waals surface area contributed by atoms with Gasteiger partial charge in [-0.05, 0) is 19.1 Å². The highest BCUT2D eigenvalue weighted by Crippen LogP contribution is 2.18. The van der Waals surface area contributed by atoms with E-state index in [0.717, 1.165) is 5.69 Å². The third kappa shape index (κ3) is 3.01. The molecule has 4 heteroatoms. The molecule has 0 amide bonds. The van der Waals surface area contributed by atoms with Gasteiger partial charge in [-0.3, -0.25) is 0 Å². The van der Waals surface area contributed by atoms with Gasteiger partial charge in [-0.1, -0.05) is 20.8 Å². The Morgan fingerprint density at radius 1 is 1.33 bits per heavy atom. The van der Waals surface area contributed by atoms with Gasteiger partial charge < -0.3 is 4.74 Å². The van der Waals surface area contributed by atoms with Gasteiger partial charge in [0.15, 0.2) is 5.69 Å². The van der Waals surface area contributed by atoms with Crippen molar-refractivity contribution in [3.05, 3.63) is 23.5 Å². The molecule has 4 nitrogen and oxygen atoms in total. The summed E-state index contributed by atoms with van der Waals surface area (Å²) < 4.78 is 4.81. The molecule has 0 N–H and O–H groups in total. The van der Waals surface area contributed by atoms with Crippen molar-refractivity contribution >= 4 is 5.97 Å². The lowest BCUT2D eigenvalue weighted by atomic mass is 9.92. The zero-order valence-corrected chi connectivity index (χ0v) is 9.57. The molecule has 1 heterocycles. The highest BCUT2D eigenvalue weighted by molar-refractivity contribution is 5.86. The number of carbonyl (C=O) groups excluding carboxylic acids is 1. The minimum absolute atomic E-state index is 0.0554. The number of nitrogens with zero attached hydrogens (tertiary/aromatic N) is 2. The molecule has 0 radical (unpaired) electrons. The molecular weight excluding hydrogens is 192 g/mol. The van der Waals surface area contributed by atoms with Crippen molar-refractivity contribution in [3.8, 4) is 0 Å². The second kappa shape index (κ2) is 4.38. The average molecular weight is 208 g/mol. The lowest BCUT2D eigenvalue weighted by Gasteiger charge is -2.16. The lowest BCUT2D eigenvalue weighted by Crippen LogP contribution is -2.16. The van der Waals surface area contributed by atoms with Crippen molar-refractivity contribution in [2.75, 3.05) is 6.61 Å². The monoisotopic (exact) mass is 208 g/mol. The summed E-state index contributed by atoms with van der Waals surface area (Å²) in [5.41, 5.74) is 1.06. The maximum Gasteiger partial charge on any atom is 0.358 e. The van der Waals surface area contributed by atoms with Crippen LogP contribution in [0.4, 0.5) is 0 Å². The molecule has 82 valence electrons. The minimum atomic E-state index is -0.426.